The van der Waals surface area contributed by atoms with Crippen molar-refractivity contribution in [1.82, 2.24) is 9.80 Å². The number of hydrogen-bond donors (Lipinski definition) is 0. The summed E-state index contributed by atoms with van der Waals surface area (Å²) in [5, 5.41) is 0. The number of amides is 1. The number of hydrogen-bond acceptors (Lipinski definition) is 3. The van der Waals surface area contributed by atoms with Gasteiger partial charge in [0.2, 0.25) is 0 Å². The van der Waals surface area contributed by atoms with Crippen LogP contribution in [0.1, 0.15) is 20.8 Å². The third kappa shape index (κ3) is 2.89. The molecule has 0 bridgehead atoms. The number of rotatable bonds is 2. The molecular formula is C12H20N2O2. The van der Waals surface area contributed by atoms with Gasteiger partial charge in [0.15, 0.2) is 0 Å². The topological polar surface area (TPSA) is 32.8 Å². The SMILES string of the molecule is C#CC(C)(C)N1CCN(C(=O)OCC)CC1. The minimum Gasteiger partial charge on any atom is -0.450 e. The number of ether oxygens (including phenoxy) is 1. The van der Waals surface area contributed by atoms with Crippen LogP contribution in [-0.4, -0.2) is 54.2 Å². The Morgan fingerprint density at radius 3 is 2.38 bits per heavy atom. The van der Waals surface area contributed by atoms with E-state index in [1.54, 1.807) is 4.90 Å². The van der Waals surface area contributed by atoms with Gasteiger partial charge >= 0.3 is 6.09 Å². The quantitative estimate of drug-likeness (QED) is 0.660. The summed E-state index contributed by atoms with van der Waals surface area (Å²) in [7, 11) is 0. The highest BCUT2D eigenvalue weighted by Gasteiger charge is 2.29. The Morgan fingerprint density at radius 2 is 1.94 bits per heavy atom. The summed E-state index contributed by atoms with van der Waals surface area (Å²) in [5.41, 5.74) is -0.235. The van der Waals surface area contributed by atoms with Gasteiger partial charge in [-0.15, -0.1) is 6.42 Å². The van der Waals surface area contributed by atoms with Crippen molar-refractivity contribution in [2.45, 2.75) is 26.3 Å². The van der Waals surface area contributed by atoms with E-state index in [4.69, 9.17) is 11.2 Å². The Labute approximate surface area is 97.5 Å². The van der Waals surface area contributed by atoms with Gasteiger partial charge in [0.1, 0.15) is 0 Å². The largest absolute Gasteiger partial charge is 0.450 e. The normalized spacial score (nSPS) is 18.0. The number of carbonyl (C=O) groups is 1. The average molecular weight is 224 g/mol. The summed E-state index contributed by atoms with van der Waals surface area (Å²) in [6.07, 6.45) is 5.26. The molecule has 1 rings (SSSR count). The molecule has 1 aliphatic rings. The zero-order valence-corrected chi connectivity index (χ0v) is 10.3. The van der Waals surface area contributed by atoms with Crippen molar-refractivity contribution in [3.63, 3.8) is 0 Å². The highest BCUT2D eigenvalue weighted by atomic mass is 16.6. The fraction of sp³-hybridized carbons (Fsp3) is 0.750. The van der Waals surface area contributed by atoms with Crippen molar-refractivity contribution in [2.24, 2.45) is 0 Å². The van der Waals surface area contributed by atoms with E-state index >= 15 is 0 Å². The van der Waals surface area contributed by atoms with Gasteiger partial charge in [0.05, 0.1) is 12.1 Å². The molecule has 1 amide bonds. The predicted octanol–water partition coefficient (Wildman–Crippen LogP) is 1.17. The first-order valence-electron chi connectivity index (χ1n) is 5.65. The van der Waals surface area contributed by atoms with Crippen LogP contribution in [-0.2, 0) is 4.74 Å². The van der Waals surface area contributed by atoms with E-state index in [1.807, 2.05) is 20.8 Å². The monoisotopic (exact) mass is 224 g/mol. The smallest absolute Gasteiger partial charge is 0.409 e. The van der Waals surface area contributed by atoms with Crippen LogP contribution in [0.25, 0.3) is 0 Å². The second kappa shape index (κ2) is 5.22. The lowest BCUT2D eigenvalue weighted by atomic mass is 10.0. The maximum atomic E-state index is 11.5. The summed E-state index contributed by atoms with van der Waals surface area (Å²) in [6, 6.07) is 0. The fourth-order valence-corrected chi connectivity index (χ4v) is 1.75. The highest BCUT2D eigenvalue weighted by Crippen LogP contribution is 2.16. The molecule has 1 aliphatic heterocycles. The molecule has 0 saturated carbocycles. The summed E-state index contributed by atoms with van der Waals surface area (Å²) in [6.45, 7) is 9.25. The molecule has 16 heavy (non-hydrogen) atoms. The average Bonchev–Trinajstić information content (AvgIpc) is 2.29. The minimum absolute atomic E-state index is 0.222. The van der Waals surface area contributed by atoms with Gasteiger partial charge in [-0.05, 0) is 20.8 Å². The Hall–Kier alpha value is -1.21. The van der Waals surface area contributed by atoms with Crippen molar-refractivity contribution < 1.29 is 9.53 Å². The molecule has 1 heterocycles. The van der Waals surface area contributed by atoms with Gasteiger partial charge in [-0.3, -0.25) is 4.90 Å². The molecule has 0 atom stereocenters. The number of piperazine rings is 1. The van der Waals surface area contributed by atoms with Crippen LogP contribution in [0, 0.1) is 12.3 Å². The van der Waals surface area contributed by atoms with Gasteiger partial charge in [-0.25, -0.2) is 4.79 Å². The molecule has 90 valence electrons. The molecule has 0 unspecified atom stereocenters. The summed E-state index contributed by atoms with van der Waals surface area (Å²) in [4.78, 5) is 15.4. The zero-order valence-electron chi connectivity index (χ0n) is 10.3. The Balaban J connectivity index is 2.46. The number of nitrogens with zero attached hydrogens (tertiary/aromatic N) is 2. The van der Waals surface area contributed by atoms with Gasteiger partial charge in [-0.2, -0.15) is 0 Å². The third-order valence-electron chi connectivity index (χ3n) is 2.95. The first kappa shape index (κ1) is 12.9. The van der Waals surface area contributed by atoms with Crippen molar-refractivity contribution in [2.75, 3.05) is 32.8 Å². The molecular weight excluding hydrogens is 204 g/mol. The molecule has 0 aromatic rings. The minimum atomic E-state index is -0.235. The lowest BCUT2D eigenvalue weighted by Crippen LogP contribution is -2.55. The maximum Gasteiger partial charge on any atom is 0.409 e. The number of carbonyl (C=O) groups excluding carboxylic acids is 1. The van der Waals surface area contributed by atoms with E-state index < -0.39 is 0 Å². The zero-order chi connectivity index (χ0) is 12.2. The number of terminal acetylenes is 1. The predicted molar refractivity (Wildman–Crippen MR) is 63.1 cm³/mol. The summed E-state index contributed by atoms with van der Waals surface area (Å²) >= 11 is 0. The van der Waals surface area contributed by atoms with Crippen molar-refractivity contribution in [3.8, 4) is 12.3 Å². The van der Waals surface area contributed by atoms with Crippen LogP contribution in [0.4, 0.5) is 4.79 Å². The van der Waals surface area contributed by atoms with Crippen LogP contribution < -0.4 is 0 Å². The second-order valence-corrected chi connectivity index (χ2v) is 4.38. The van der Waals surface area contributed by atoms with E-state index in [0.717, 1.165) is 13.1 Å². The standard InChI is InChI=1S/C12H20N2O2/c1-5-12(3,4)14-9-7-13(8-10-14)11(15)16-6-2/h1H,6-10H2,2-4H3. The maximum absolute atomic E-state index is 11.5. The molecule has 0 radical (unpaired) electrons. The molecule has 1 saturated heterocycles. The van der Waals surface area contributed by atoms with Crippen LogP contribution in [0.5, 0.6) is 0 Å². The molecule has 0 spiro atoms. The third-order valence-corrected chi connectivity index (χ3v) is 2.95. The van der Waals surface area contributed by atoms with E-state index in [0.29, 0.717) is 19.7 Å². The Kier molecular flexibility index (Phi) is 4.19. The lowest BCUT2D eigenvalue weighted by molar-refractivity contribution is 0.0585. The molecule has 4 nitrogen and oxygen atoms in total. The van der Waals surface area contributed by atoms with E-state index in [-0.39, 0.29) is 11.6 Å². The van der Waals surface area contributed by atoms with E-state index in [1.165, 1.54) is 0 Å². The van der Waals surface area contributed by atoms with Crippen molar-refractivity contribution in [1.29, 1.82) is 0 Å². The van der Waals surface area contributed by atoms with Crippen LogP contribution in [0.3, 0.4) is 0 Å². The van der Waals surface area contributed by atoms with Gasteiger partial charge < -0.3 is 9.64 Å². The van der Waals surface area contributed by atoms with Gasteiger partial charge in [0, 0.05) is 26.2 Å². The fourth-order valence-electron chi connectivity index (χ4n) is 1.75. The molecule has 0 aromatic heterocycles. The highest BCUT2D eigenvalue weighted by molar-refractivity contribution is 5.67. The molecule has 1 fully saturated rings. The summed E-state index contributed by atoms with van der Waals surface area (Å²) < 4.78 is 4.96. The molecule has 0 aliphatic carbocycles. The van der Waals surface area contributed by atoms with Crippen LogP contribution in [0.15, 0.2) is 0 Å². The molecule has 4 heteroatoms. The van der Waals surface area contributed by atoms with Crippen LogP contribution in [0.2, 0.25) is 0 Å². The van der Waals surface area contributed by atoms with E-state index in [2.05, 4.69) is 10.8 Å². The lowest BCUT2D eigenvalue weighted by Gasteiger charge is -2.40. The molecule has 0 N–H and O–H groups in total. The van der Waals surface area contributed by atoms with Crippen molar-refractivity contribution >= 4 is 6.09 Å². The summed E-state index contributed by atoms with van der Waals surface area (Å²) in [5.74, 6) is 2.77. The van der Waals surface area contributed by atoms with Crippen molar-refractivity contribution in [3.05, 3.63) is 0 Å². The Morgan fingerprint density at radius 1 is 1.38 bits per heavy atom. The first-order valence-corrected chi connectivity index (χ1v) is 5.65. The van der Waals surface area contributed by atoms with Gasteiger partial charge in [0.25, 0.3) is 0 Å². The van der Waals surface area contributed by atoms with Gasteiger partial charge in [-0.1, -0.05) is 5.92 Å². The second-order valence-electron chi connectivity index (χ2n) is 4.38. The first-order chi connectivity index (χ1) is 7.51. The van der Waals surface area contributed by atoms with Crippen LogP contribution >= 0.6 is 0 Å². The van der Waals surface area contributed by atoms with E-state index in [9.17, 15) is 4.79 Å². The molecule has 0 aromatic carbocycles. The Bertz CT molecular complexity index is 286.